The summed E-state index contributed by atoms with van der Waals surface area (Å²) in [7, 11) is 2.75. The number of ketones is 4. The number of nitrogens with two attached hydrogens (primary N) is 1. The van der Waals surface area contributed by atoms with Gasteiger partial charge in [0, 0.05) is 16.0 Å². The second-order valence-corrected chi connectivity index (χ2v) is 10.6. The summed E-state index contributed by atoms with van der Waals surface area (Å²) in [4.78, 5) is 67.6. The number of aliphatic hydroxyl groups excluding tert-OH is 2. The molecule has 0 aromatic heterocycles. The molecule has 35 heavy (non-hydrogen) atoms. The molecule has 0 saturated heterocycles. The van der Waals surface area contributed by atoms with E-state index >= 15 is 0 Å². The minimum atomic E-state index is -3.21. The highest BCUT2D eigenvalue weighted by atomic mass is 35.5. The summed E-state index contributed by atoms with van der Waals surface area (Å²) in [5.74, 6) is -11.3. The molecule has 3 aliphatic rings. The largest absolute Gasteiger partial charge is 0.507 e. The van der Waals surface area contributed by atoms with Crippen molar-refractivity contribution in [1.29, 1.82) is 0 Å². The van der Waals surface area contributed by atoms with E-state index in [4.69, 9.17) is 17.3 Å². The van der Waals surface area contributed by atoms with Crippen molar-refractivity contribution in [3.05, 3.63) is 28.3 Å². The standard InChI is InChI=1S/C23H25ClN2O9/c1-21-12(13(28)10-8(27)6-5-7(24)9(10)16(21)30)18(32)23(35)17(31)11(19(25)33)14(29)15(26(3)4)22(23,2)20(21)34/h5-6,11-12,15-16,20,27,30,34-35H,1-4H3,(H2,25,33)/t11?,12?,15-,16+,20+,21+,22-,23-/m1/s1. The van der Waals surface area contributed by atoms with Crippen LogP contribution in [0.1, 0.15) is 35.9 Å². The molecule has 1 aromatic rings. The zero-order chi connectivity index (χ0) is 26.6. The Morgan fingerprint density at radius 1 is 1.09 bits per heavy atom. The summed E-state index contributed by atoms with van der Waals surface area (Å²) >= 11 is 6.22. The van der Waals surface area contributed by atoms with Gasteiger partial charge >= 0.3 is 0 Å². The van der Waals surface area contributed by atoms with Crippen molar-refractivity contribution >= 4 is 40.6 Å². The quantitative estimate of drug-likeness (QED) is 0.301. The molecule has 6 N–H and O–H groups in total. The summed E-state index contributed by atoms with van der Waals surface area (Å²) < 4.78 is 0. The molecule has 2 fully saturated rings. The first-order valence-corrected chi connectivity index (χ1v) is 11.1. The van der Waals surface area contributed by atoms with Gasteiger partial charge in [-0.2, -0.15) is 0 Å². The zero-order valence-electron chi connectivity index (χ0n) is 19.3. The molecule has 0 spiro atoms. The fourth-order valence-corrected chi connectivity index (χ4v) is 6.88. The average molecular weight is 509 g/mol. The molecular weight excluding hydrogens is 484 g/mol. The van der Waals surface area contributed by atoms with Crippen molar-refractivity contribution in [1.82, 2.24) is 4.90 Å². The molecule has 4 rings (SSSR count). The number of aromatic hydroxyl groups is 1. The van der Waals surface area contributed by atoms with E-state index in [9.17, 15) is 44.4 Å². The highest BCUT2D eigenvalue weighted by molar-refractivity contribution is 6.35. The summed E-state index contributed by atoms with van der Waals surface area (Å²) in [6.45, 7) is 2.32. The molecule has 2 saturated carbocycles. The van der Waals surface area contributed by atoms with E-state index in [2.05, 4.69) is 0 Å². The maximum atomic E-state index is 14.0. The SMILES string of the molecule is CN(C)[C@@H]1C(=O)C(C(N)=O)C(=O)[C@@]2(O)C(=O)C3C(=O)c4c(O)ccc(Cl)c4[C@H](O)[C@@]3(C)[C@H](O)[C@@]12C. The average Bonchev–Trinajstić information content (AvgIpc) is 2.75. The van der Waals surface area contributed by atoms with Crippen LogP contribution in [-0.4, -0.2) is 86.2 Å². The molecule has 1 aromatic carbocycles. The van der Waals surface area contributed by atoms with Crippen molar-refractivity contribution < 1.29 is 44.4 Å². The first kappa shape index (κ1) is 25.4. The van der Waals surface area contributed by atoms with Gasteiger partial charge in [0.25, 0.3) is 0 Å². The zero-order valence-corrected chi connectivity index (χ0v) is 20.0. The van der Waals surface area contributed by atoms with E-state index in [0.29, 0.717) is 0 Å². The number of fused-ring (bicyclic) bond motifs is 3. The van der Waals surface area contributed by atoms with Gasteiger partial charge in [-0.1, -0.05) is 25.4 Å². The van der Waals surface area contributed by atoms with Gasteiger partial charge in [0.2, 0.25) is 5.91 Å². The third-order valence-electron chi connectivity index (χ3n) is 8.26. The Morgan fingerprint density at radius 2 is 1.66 bits per heavy atom. The van der Waals surface area contributed by atoms with Crippen molar-refractivity contribution in [2.45, 2.75) is 37.7 Å². The number of benzene rings is 1. The van der Waals surface area contributed by atoms with E-state index < -0.39 is 86.9 Å². The highest BCUT2D eigenvalue weighted by Crippen LogP contribution is 2.64. The number of phenolic OH excluding ortho intramolecular Hbond substituents is 1. The number of hydrogen-bond donors (Lipinski definition) is 5. The lowest BCUT2D eigenvalue weighted by Crippen LogP contribution is -2.84. The number of halogens is 1. The van der Waals surface area contributed by atoms with Crippen LogP contribution in [0, 0.1) is 22.7 Å². The molecule has 0 bridgehead atoms. The van der Waals surface area contributed by atoms with Gasteiger partial charge in [0.15, 0.2) is 34.7 Å². The molecule has 1 amide bonds. The molecule has 2 unspecified atom stereocenters. The normalized spacial score (nSPS) is 40.9. The minimum Gasteiger partial charge on any atom is -0.507 e. The lowest BCUT2D eigenvalue weighted by atomic mass is 9.40. The summed E-state index contributed by atoms with van der Waals surface area (Å²) in [6.07, 6.45) is -3.87. The van der Waals surface area contributed by atoms with Gasteiger partial charge < -0.3 is 26.2 Å². The summed E-state index contributed by atoms with van der Waals surface area (Å²) in [5, 5.41) is 45.2. The first-order valence-electron chi connectivity index (χ1n) is 10.7. The monoisotopic (exact) mass is 508 g/mol. The van der Waals surface area contributed by atoms with E-state index in [-0.39, 0.29) is 10.6 Å². The topological polar surface area (TPSA) is 196 Å². The molecule has 8 atom stereocenters. The van der Waals surface area contributed by atoms with Gasteiger partial charge in [-0.3, -0.25) is 28.9 Å². The first-order chi connectivity index (χ1) is 16.0. The fraction of sp³-hybridized carbons (Fsp3) is 0.522. The number of Topliss-reactive ketones (excluding diaryl/α,β-unsaturated/α-hetero) is 4. The molecule has 0 heterocycles. The van der Waals surface area contributed by atoms with Gasteiger partial charge in [0.1, 0.15) is 5.75 Å². The van der Waals surface area contributed by atoms with Crippen LogP contribution in [0.25, 0.3) is 0 Å². The van der Waals surface area contributed by atoms with Crippen LogP contribution < -0.4 is 5.73 Å². The second-order valence-electron chi connectivity index (χ2n) is 10.1. The molecule has 11 nitrogen and oxygen atoms in total. The van der Waals surface area contributed by atoms with Crippen molar-refractivity contribution in [2.24, 2.45) is 28.4 Å². The van der Waals surface area contributed by atoms with Gasteiger partial charge in [-0.05, 0) is 26.2 Å². The lowest BCUT2D eigenvalue weighted by molar-refractivity contribution is -0.248. The molecule has 0 radical (unpaired) electrons. The lowest BCUT2D eigenvalue weighted by Gasteiger charge is -2.64. The number of hydrogen-bond acceptors (Lipinski definition) is 10. The van der Waals surface area contributed by atoms with E-state index in [1.807, 2.05) is 0 Å². The second kappa shape index (κ2) is 7.40. The number of amides is 1. The van der Waals surface area contributed by atoms with Crippen LogP contribution in [0.2, 0.25) is 5.02 Å². The van der Waals surface area contributed by atoms with Crippen LogP contribution in [0.4, 0.5) is 0 Å². The van der Waals surface area contributed by atoms with E-state index in [1.165, 1.54) is 32.0 Å². The smallest absolute Gasteiger partial charge is 0.235 e. The van der Waals surface area contributed by atoms with E-state index in [0.717, 1.165) is 13.0 Å². The minimum absolute atomic E-state index is 0.127. The molecule has 3 aliphatic carbocycles. The number of aliphatic hydroxyl groups is 3. The Bertz CT molecular complexity index is 1230. The van der Waals surface area contributed by atoms with E-state index in [1.54, 1.807) is 0 Å². The number of carbonyl (C=O) groups is 5. The van der Waals surface area contributed by atoms with Crippen LogP contribution >= 0.6 is 11.6 Å². The predicted molar refractivity (Wildman–Crippen MR) is 118 cm³/mol. The Balaban J connectivity index is 2.10. The molecular formula is C23H25ClN2O9. The van der Waals surface area contributed by atoms with Crippen molar-refractivity contribution in [2.75, 3.05) is 14.1 Å². The molecule has 188 valence electrons. The van der Waals surface area contributed by atoms with Crippen molar-refractivity contribution in [3.8, 4) is 5.75 Å². The number of nitrogens with zero attached hydrogens (tertiary/aromatic N) is 1. The maximum absolute atomic E-state index is 14.0. The Morgan fingerprint density at radius 3 is 2.17 bits per heavy atom. The summed E-state index contributed by atoms with van der Waals surface area (Å²) in [5.41, 5.74) is -3.06. The third-order valence-corrected chi connectivity index (χ3v) is 8.59. The fourth-order valence-electron chi connectivity index (χ4n) is 6.62. The third kappa shape index (κ3) is 2.62. The Hall–Kier alpha value is -2.70. The Labute approximate surface area is 204 Å². The maximum Gasteiger partial charge on any atom is 0.235 e. The number of primary amides is 1. The van der Waals surface area contributed by atoms with Gasteiger partial charge in [0.05, 0.1) is 35.1 Å². The highest BCUT2D eigenvalue weighted by Gasteiger charge is 2.81. The van der Waals surface area contributed by atoms with Crippen LogP contribution in [-0.2, 0) is 19.2 Å². The Kier molecular flexibility index (Phi) is 5.37. The number of rotatable bonds is 2. The van der Waals surface area contributed by atoms with Crippen LogP contribution in [0.15, 0.2) is 12.1 Å². The number of likely N-dealkylation sites (N-methyl/N-ethyl adjacent to an activating group) is 1. The van der Waals surface area contributed by atoms with Gasteiger partial charge in [-0.25, -0.2) is 0 Å². The molecule has 12 heteroatoms. The predicted octanol–water partition coefficient (Wildman–Crippen LogP) is -1.24. The van der Waals surface area contributed by atoms with Gasteiger partial charge in [-0.15, -0.1) is 0 Å². The van der Waals surface area contributed by atoms with Crippen molar-refractivity contribution in [3.63, 3.8) is 0 Å². The number of phenols is 1. The van der Waals surface area contributed by atoms with Crippen LogP contribution in [0.5, 0.6) is 5.75 Å². The summed E-state index contributed by atoms with van der Waals surface area (Å²) in [6, 6.07) is 0.702. The van der Waals surface area contributed by atoms with Crippen LogP contribution in [0.3, 0.4) is 0 Å². The number of carbonyl (C=O) groups excluding carboxylic acids is 5. The molecule has 0 aliphatic heterocycles.